The van der Waals surface area contributed by atoms with E-state index in [-0.39, 0.29) is 0 Å². The summed E-state index contributed by atoms with van der Waals surface area (Å²) in [7, 11) is 0. The van der Waals surface area contributed by atoms with E-state index >= 15 is 0 Å². The van der Waals surface area contributed by atoms with Crippen LogP contribution in [-0.4, -0.2) is 16.1 Å². The van der Waals surface area contributed by atoms with Crippen LogP contribution in [0.2, 0.25) is 0 Å². The van der Waals surface area contributed by atoms with Gasteiger partial charge in [0.15, 0.2) is 0 Å². The summed E-state index contributed by atoms with van der Waals surface area (Å²) in [6, 6.07) is 13.3. The van der Waals surface area contributed by atoms with Crippen LogP contribution in [0.3, 0.4) is 0 Å². The van der Waals surface area contributed by atoms with Crippen molar-refractivity contribution in [3.05, 3.63) is 75.4 Å². The zero-order valence-electron chi connectivity index (χ0n) is 12.2. The fourth-order valence-electron chi connectivity index (χ4n) is 1.98. The van der Waals surface area contributed by atoms with Gasteiger partial charge in [0.1, 0.15) is 0 Å². The molecule has 24 heavy (non-hydrogen) atoms. The minimum Gasteiger partial charge on any atom is -0.258 e. The van der Waals surface area contributed by atoms with Gasteiger partial charge in [0.05, 0.1) is 16.8 Å². The van der Waals surface area contributed by atoms with Gasteiger partial charge in [-0.25, -0.2) is 4.98 Å². The molecule has 1 heterocycles. The van der Waals surface area contributed by atoms with Crippen molar-refractivity contribution in [3.63, 3.8) is 0 Å². The van der Waals surface area contributed by atoms with Crippen molar-refractivity contribution in [2.24, 2.45) is 5.10 Å². The van der Waals surface area contributed by atoms with Gasteiger partial charge >= 0.3 is 5.69 Å². The summed E-state index contributed by atoms with van der Waals surface area (Å²) in [4.78, 5) is 14.3. The lowest BCUT2D eigenvalue weighted by atomic mass is 10.2. The fourth-order valence-corrected chi connectivity index (χ4v) is 2.65. The van der Waals surface area contributed by atoms with Crippen LogP contribution in [0.15, 0.2) is 59.0 Å². The average Bonchev–Trinajstić information content (AvgIpc) is 3.06. The fraction of sp³-hybridized carbons (Fsp3) is 0. The summed E-state index contributed by atoms with van der Waals surface area (Å²) in [6.45, 7) is 0. The number of aromatic nitrogens is 1. The number of rotatable bonds is 5. The van der Waals surface area contributed by atoms with Gasteiger partial charge in [-0.3, -0.25) is 15.5 Å². The third kappa shape index (κ3) is 3.61. The molecule has 0 amide bonds. The quantitative estimate of drug-likeness (QED) is 0.426. The van der Waals surface area contributed by atoms with Crippen molar-refractivity contribution >= 4 is 28.4 Å². The number of hydrogen-bond donors (Lipinski definition) is 1. The van der Waals surface area contributed by atoms with E-state index in [2.05, 4.69) is 15.5 Å². The van der Waals surface area contributed by atoms with Gasteiger partial charge in [-0.1, -0.05) is 30.3 Å². The van der Waals surface area contributed by atoms with E-state index in [1.807, 2.05) is 35.7 Å². The van der Waals surface area contributed by atoms with Gasteiger partial charge in [-0.15, -0.1) is 11.3 Å². The topological polar surface area (TPSA) is 80.4 Å². The van der Waals surface area contributed by atoms with Crippen molar-refractivity contribution in [1.29, 1.82) is 0 Å². The molecule has 1 N–H and O–H groups in total. The first-order valence-electron chi connectivity index (χ1n) is 6.87. The molecule has 0 unspecified atom stereocenters. The van der Waals surface area contributed by atoms with E-state index in [4.69, 9.17) is 0 Å². The Morgan fingerprint density at radius 1 is 1.25 bits per heavy atom. The molecule has 0 saturated heterocycles. The summed E-state index contributed by atoms with van der Waals surface area (Å²) in [6.07, 6.45) is 1.37. The highest BCUT2D eigenvalue weighted by atomic mass is 32.1. The number of nitro benzene ring substituents is 1. The SMILES string of the molecule is O=[N+]([O-])c1cc(C=NNc2nc(-c3ccccc3)cs2)ccc1F. The Balaban J connectivity index is 1.70. The van der Waals surface area contributed by atoms with Gasteiger partial charge < -0.3 is 0 Å². The van der Waals surface area contributed by atoms with Crippen LogP contribution in [0, 0.1) is 15.9 Å². The first kappa shape index (κ1) is 15.8. The summed E-state index contributed by atoms with van der Waals surface area (Å²) in [5.74, 6) is -0.877. The number of anilines is 1. The standard InChI is InChI=1S/C16H11FN4O2S/c17-13-7-6-11(8-15(13)21(22)23)9-18-20-16-19-14(10-24-16)12-4-2-1-3-5-12/h1-10H,(H,19,20). The highest BCUT2D eigenvalue weighted by Gasteiger charge is 2.13. The molecule has 0 spiro atoms. The Hall–Kier alpha value is -3.13. The molecular formula is C16H11FN4O2S. The predicted octanol–water partition coefficient (Wildman–Crippen LogP) is 4.30. The number of hydrazone groups is 1. The molecule has 0 fully saturated rings. The van der Waals surface area contributed by atoms with E-state index in [1.54, 1.807) is 0 Å². The minimum absolute atomic E-state index is 0.412. The largest absolute Gasteiger partial charge is 0.305 e. The van der Waals surface area contributed by atoms with Crippen molar-refractivity contribution in [3.8, 4) is 11.3 Å². The van der Waals surface area contributed by atoms with Crippen LogP contribution in [0.25, 0.3) is 11.3 Å². The molecule has 0 bridgehead atoms. The second kappa shape index (κ2) is 6.97. The summed E-state index contributed by atoms with van der Waals surface area (Å²) >= 11 is 1.39. The minimum atomic E-state index is -0.877. The maximum Gasteiger partial charge on any atom is 0.305 e. The number of hydrogen-bond acceptors (Lipinski definition) is 6. The first-order valence-corrected chi connectivity index (χ1v) is 7.75. The second-order valence-electron chi connectivity index (χ2n) is 4.74. The van der Waals surface area contributed by atoms with Crippen LogP contribution in [0.1, 0.15) is 5.56 Å². The molecule has 0 atom stereocenters. The zero-order valence-corrected chi connectivity index (χ0v) is 13.0. The Bertz CT molecular complexity index is 896. The first-order chi connectivity index (χ1) is 11.6. The van der Waals surface area contributed by atoms with Gasteiger partial charge in [0.25, 0.3) is 0 Å². The number of halogens is 1. The lowest BCUT2D eigenvalue weighted by molar-refractivity contribution is -0.387. The van der Waals surface area contributed by atoms with Crippen molar-refractivity contribution < 1.29 is 9.31 Å². The zero-order chi connectivity index (χ0) is 16.9. The molecule has 3 rings (SSSR count). The average molecular weight is 342 g/mol. The van der Waals surface area contributed by atoms with Gasteiger partial charge in [-0.2, -0.15) is 9.49 Å². The maximum absolute atomic E-state index is 13.3. The Morgan fingerprint density at radius 3 is 2.79 bits per heavy atom. The summed E-state index contributed by atoms with van der Waals surface area (Å²) < 4.78 is 13.3. The smallest absolute Gasteiger partial charge is 0.258 e. The third-order valence-electron chi connectivity index (χ3n) is 3.11. The number of nitro groups is 1. The second-order valence-corrected chi connectivity index (χ2v) is 5.60. The van der Waals surface area contributed by atoms with Gasteiger partial charge in [0, 0.05) is 22.6 Å². The predicted molar refractivity (Wildman–Crippen MR) is 91.8 cm³/mol. The highest BCUT2D eigenvalue weighted by molar-refractivity contribution is 7.14. The van der Waals surface area contributed by atoms with E-state index in [9.17, 15) is 14.5 Å². The molecule has 6 nitrogen and oxygen atoms in total. The molecule has 3 aromatic rings. The summed E-state index contributed by atoms with van der Waals surface area (Å²) in [5, 5.41) is 17.2. The molecule has 2 aromatic carbocycles. The van der Waals surface area contributed by atoms with Crippen molar-refractivity contribution in [2.75, 3.05) is 5.43 Å². The number of nitrogens with zero attached hydrogens (tertiary/aromatic N) is 3. The van der Waals surface area contributed by atoms with E-state index in [1.165, 1.54) is 23.6 Å². The number of thiazole rings is 1. The molecule has 1 aromatic heterocycles. The molecule has 120 valence electrons. The Morgan fingerprint density at radius 2 is 2.04 bits per heavy atom. The molecule has 8 heteroatoms. The molecule has 0 saturated carbocycles. The Kier molecular flexibility index (Phi) is 4.57. The van der Waals surface area contributed by atoms with Crippen LogP contribution in [0.4, 0.5) is 15.2 Å². The monoisotopic (exact) mass is 342 g/mol. The van der Waals surface area contributed by atoms with Crippen LogP contribution < -0.4 is 5.43 Å². The molecule has 0 radical (unpaired) electrons. The Labute approximate surface area is 140 Å². The van der Waals surface area contributed by atoms with Crippen molar-refractivity contribution in [1.82, 2.24) is 4.98 Å². The van der Waals surface area contributed by atoms with Crippen LogP contribution in [-0.2, 0) is 0 Å². The number of benzene rings is 2. The maximum atomic E-state index is 13.3. The number of nitrogens with one attached hydrogen (secondary N) is 1. The third-order valence-corrected chi connectivity index (χ3v) is 3.86. The van der Waals surface area contributed by atoms with Gasteiger partial charge in [-0.05, 0) is 12.1 Å². The highest BCUT2D eigenvalue weighted by Crippen LogP contribution is 2.24. The lowest BCUT2D eigenvalue weighted by Crippen LogP contribution is -1.95. The lowest BCUT2D eigenvalue weighted by Gasteiger charge is -1.97. The van der Waals surface area contributed by atoms with E-state index in [0.29, 0.717) is 10.7 Å². The van der Waals surface area contributed by atoms with E-state index in [0.717, 1.165) is 23.4 Å². The van der Waals surface area contributed by atoms with Crippen LogP contribution >= 0.6 is 11.3 Å². The van der Waals surface area contributed by atoms with E-state index < -0.39 is 16.4 Å². The summed E-state index contributed by atoms with van der Waals surface area (Å²) in [5.41, 5.74) is 4.42. The van der Waals surface area contributed by atoms with Gasteiger partial charge in [0.2, 0.25) is 10.9 Å². The molecule has 0 aliphatic carbocycles. The molecular weight excluding hydrogens is 331 g/mol. The molecule has 0 aliphatic heterocycles. The normalized spacial score (nSPS) is 10.9. The molecule has 0 aliphatic rings. The van der Waals surface area contributed by atoms with Crippen molar-refractivity contribution in [2.45, 2.75) is 0 Å². The van der Waals surface area contributed by atoms with Crippen LogP contribution in [0.5, 0.6) is 0 Å².